The molecule has 9 heteroatoms. The number of hydrogen-bond acceptors (Lipinski definition) is 6. The third-order valence-corrected chi connectivity index (χ3v) is 5.81. The van der Waals surface area contributed by atoms with Gasteiger partial charge >= 0.3 is 0 Å². The Labute approximate surface area is 182 Å². The Morgan fingerprint density at radius 3 is 2.48 bits per heavy atom. The Kier molecular flexibility index (Phi) is 6.84. The maximum atomic E-state index is 12.9. The lowest BCUT2D eigenvalue weighted by atomic mass is 10.1. The largest absolute Gasteiger partial charge is 0.493 e. The van der Waals surface area contributed by atoms with E-state index in [9.17, 15) is 13.2 Å². The molecule has 0 fully saturated rings. The van der Waals surface area contributed by atoms with Crippen LogP contribution >= 0.6 is 0 Å². The molecular formula is C22H27N3O5S. The van der Waals surface area contributed by atoms with E-state index in [0.717, 1.165) is 17.3 Å². The Morgan fingerprint density at radius 2 is 1.81 bits per heavy atom. The molecule has 0 spiro atoms. The van der Waals surface area contributed by atoms with Crippen LogP contribution in [0.15, 0.2) is 42.5 Å². The molecule has 0 saturated heterocycles. The monoisotopic (exact) mass is 445 g/mol. The number of benzene rings is 2. The molecule has 1 amide bonds. The molecule has 3 rings (SSSR count). The zero-order valence-corrected chi connectivity index (χ0v) is 19.0. The smallest absolute Gasteiger partial charge is 0.242 e. The van der Waals surface area contributed by atoms with Gasteiger partial charge in [-0.1, -0.05) is 18.2 Å². The van der Waals surface area contributed by atoms with Crippen molar-refractivity contribution >= 4 is 26.8 Å². The molecule has 8 nitrogen and oxygen atoms in total. The minimum Gasteiger partial charge on any atom is -0.493 e. The van der Waals surface area contributed by atoms with Gasteiger partial charge in [-0.2, -0.15) is 0 Å². The summed E-state index contributed by atoms with van der Waals surface area (Å²) >= 11 is 0. The zero-order chi connectivity index (χ0) is 22.6. The molecular weight excluding hydrogens is 418 g/mol. The molecule has 31 heavy (non-hydrogen) atoms. The van der Waals surface area contributed by atoms with Crippen molar-refractivity contribution in [1.82, 2.24) is 14.5 Å². The van der Waals surface area contributed by atoms with E-state index in [1.165, 1.54) is 0 Å². The number of ether oxygens (including phenoxy) is 2. The van der Waals surface area contributed by atoms with E-state index in [2.05, 4.69) is 4.98 Å². The molecule has 0 N–H and O–H groups in total. The van der Waals surface area contributed by atoms with Crippen LogP contribution in [-0.2, 0) is 33.4 Å². The van der Waals surface area contributed by atoms with Crippen LogP contribution < -0.4 is 9.47 Å². The molecule has 0 unspecified atom stereocenters. The minimum absolute atomic E-state index is 0.0216. The SMILES string of the molecule is COc1ccc(CCN(C)C(=O)Cn2c(CS(C)(=O)=O)nc3ccccc32)cc1OC. The predicted molar refractivity (Wildman–Crippen MR) is 119 cm³/mol. The van der Waals surface area contributed by atoms with Crippen LogP contribution in [0.2, 0.25) is 0 Å². The van der Waals surface area contributed by atoms with Crippen LogP contribution in [0.25, 0.3) is 11.0 Å². The van der Waals surface area contributed by atoms with Crippen molar-refractivity contribution in [3.63, 3.8) is 0 Å². The fraction of sp³-hybridized carbons (Fsp3) is 0.364. The first-order valence-electron chi connectivity index (χ1n) is 9.78. The molecule has 0 aliphatic carbocycles. The van der Waals surface area contributed by atoms with Gasteiger partial charge in [0, 0.05) is 19.8 Å². The van der Waals surface area contributed by atoms with Gasteiger partial charge in [-0.05, 0) is 36.2 Å². The number of nitrogens with zero attached hydrogens (tertiary/aromatic N) is 3. The highest BCUT2D eigenvalue weighted by molar-refractivity contribution is 7.89. The quantitative estimate of drug-likeness (QED) is 0.502. The molecule has 166 valence electrons. The second kappa shape index (κ2) is 9.38. The van der Waals surface area contributed by atoms with Gasteiger partial charge in [-0.25, -0.2) is 13.4 Å². The van der Waals surface area contributed by atoms with Crippen LogP contribution in [0, 0.1) is 0 Å². The summed E-state index contributed by atoms with van der Waals surface area (Å²) in [4.78, 5) is 19.0. The summed E-state index contributed by atoms with van der Waals surface area (Å²) in [6.45, 7) is 0.524. The summed E-state index contributed by atoms with van der Waals surface area (Å²) in [5, 5.41) is 0. The summed E-state index contributed by atoms with van der Waals surface area (Å²) < 4.78 is 35.9. The number of carbonyl (C=O) groups excluding carboxylic acids is 1. The number of likely N-dealkylation sites (N-methyl/N-ethyl adjacent to an activating group) is 1. The van der Waals surface area contributed by atoms with E-state index in [1.54, 1.807) is 30.7 Å². The first-order valence-corrected chi connectivity index (χ1v) is 11.8. The number of sulfone groups is 1. The van der Waals surface area contributed by atoms with Crippen molar-refractivity contribution in [2.45, 2.75) is 18.7 Å². The second-order valence-corrected chi connectivity index (χ2v) is 9.57. The average molecular weight is 446 g/mol. The highest BCUT2D eigenvalue weighted by Crippen LogP contribution is 2.27. The number of rotatable bonds is 9. The first kappa shape index (κ1) is 22.6. The highest BCUT2D eigenvalue weighted by atomic mass is 32.2. The molecule has 2 aromatic carbocycles. The Balaban J connectivity index is 1.74. The number of fused-ring (bicyclic) bond motifs is 1. The number of amides is 1. The van der Waals surface area contributed by atoms with E-state index in [4.69, 9.17) is 9.47 Å². The molecule has 0 atom stereocenters. The normalized spacial score (nSPS) is 11.5. The van der Waals surface area contributed by atoms with Crippen LogP contribution in [0.3, 0.4) is 0 Å². The van der Waals surface area contributed by atoms with Gasteiger partial charge in [0.15, 0.2) is 21.3 Å². The fourth-order valence-corrected chi connectivity index (χ4v) is 4.05. The Morgan fingerprint density at radius 1 is 1.10 bits per heavy atom. The van der Waals surface area contributed by atoms with Crippen LogP contribution in [0.1, 0.15) is 11.4 Å². The van der Waals surface area contributed by atoms with Gasteiger partial charge < -0.3 is 18.9 Å². The van der Waals surface area contributed by atoms with Gasteiger partial charge in [0.2, 0.25) is 5.91 Å². The van der Waals surface area contributed by atoms with Crippen LogP contribution in [0.5, 0.6) is 11.5 Å². The fourth-order valence-electron chi connectivity index (χ4n) is 3.36. The van der Waals surface area contributed by atoms with E-state index >= 15 is 0 Å². The number of methoxy groups -OCH3 is 2. The predicted octanol–water partition coefficient (Wildman–Crippen LogP) is 2.30. The number of hydrogen-bond donors (Lipinski definition) is 0. The lowest BCUT2D eigenvalue weighted by Gasteiger charge is -2.19. The Bertz CT molecular complexity index is 1190. The molecule has 0 bridgehead atoms. The average Bonchev–Trinajstić information content (AvgIpc) is 3.06. The molecule has 1 aromatic heterocycles. The third kappa shape index (κ3) is 5.55. The first-order chi connectivity index (χ1) is 14.7. The van der Waals surface area contributed by atoms with Gasteiger partial charge in [0.25, 0.3) is 0 Å². The number of imidazole rings is 1. The van der Waals surface area contributed by atoms with Gasteiger partial charge in [-0.15, -0.1) is 0 Å². The molecule has 1 heterocycles. The molecule has 0 radical (unpaired) electrons. The summed E-state index contributed by atoms with van der Waals surface area (Å²) in [7, 11) is 1.61. The zero-order valence-electron chi connectivity index (χ0n) is 18.2. The van der Waals surface area contributed by atoms with E-state index in [1.807, 2.05) is 42.5 Å². The topological polar surface area (TPSA) is 90.7 Å². The van der Waals surface area contributed by atoms with Crippen molar-refractivity contribution in [1.29, 1.82) is 0 Å². The van der Waals surface area contributed by atoms with E-state index in [0.29, 0.717) is 35.8 Å². The van der Waals surface area contributed by atoms with E-state index < -0.39 is 9.84 Å². The minimum atomic E-state index is -3.29. The molecule has 0 saturated carbocycles. The summed E-state index contributed by atoms with van der Waals surface area (Å²) in [5.74, 6) is 1.32. The maximum absolute atomic E-state index is 12.9. The van der Waals surface area contributed by atoms with Gasteiger partial charge in [-0.3, -0.25) is 4.79 Å². The summed E-state index contributed by atoms with van der Waals surface area (Å²) in [6.07, 6.45) is 1.80. The van der Waals surface area contributed by atoms with Crippen molar-refractivity contribution < 1.29 is 22.7 Å². The van der Waals surface area contributed by atoms with Crippen molar-refractivity contribution in [3.8, 4) is 11.5 Å². The highest BCUT2D eigenvalue weighted by Gasteiger charge is 2.19. The summed E-state index contributed by atoms with van der Waals surface area (Å²) in [5.41, 5.74) is 2.42. The van der Waals surface area contributed by atoms with Gasteiger partial charge in [0.05, 0.1) is 25.3 Å². The second-order valence-electron chi connectivity index (χ2n) is 7.43. The van der Waals surface area contributed by atoms with Crippen LogP contribution in [-0.4, -0.2) is 62.8 Å². The van der Waals surface area contributed by atoms with Gasteiger partial charge in [0.1, 0.15) is 18.1 Å². The number of para-hydroxylation sites is 2. The van der Waals surface area contributed by atoms with Crippen molar-refractivity contribution in [2.75, 3.05) is 34.1 Å². The Hall–Kier alpha value is -3.07. The van der Waals surface area contributed by atoms with Crippen molar-refractivity contribution in [2.24, 2.45) is 0 Å². The molecule has 0 aliphatic rings. The molecule has 0 aliphatic heterocycles. The molecule has 3 aromatic rings. The summed E-state index contributed by atoms with van der Waals surface area (Å²) in [6, 6.07) is 13.0. The third-order valence-electron chi connectivity index (χ3n) is 5.03. The number of aromatic nitrogens is 2. The number of carbonyl (C=O) groups is 1. The maximum Gasteiger partial charge on any atom is 0.242 e. The van der Waals surface area contributed by atoms with Crippen molar-refractivity contribution in [3.05, 3.63) is 53.9 Å². The lowest BCUT2D eigenvalue weighted by molar-refractivity contribution is -0.130. The van der Waals surface area contributed by atoms with Crippen LogP contribution in [0.4, 0.5) is 0 Å². The standard InChI is InChI=1S/C22H27N3O5S/c1-24(12-11-16-9-10-19(29-2)20(13-16)30-3)22(26)14-25-18-8-6-5-7-17(18)23-21(25)15-31(4,27)28/h5-10,13H,11-12,14-15H2,1-4H3. The lowest BCUT2D eigenvalue weighted by Crippen LogP contribution is -2.32. The van der Waals surface area contributed by atoms with E-state index in [-0.39, 0.29) is 18.2 Å².